The highest BCUT2D eigenvalue weighted by molar-refractivity contribution is 4.86. The second kappa shape index (κ2) is 6.58. The van der Waals surface area contributed by atoms with Crippen LogP contribution in [0, 0.1) is 5.92 Å². The molecule has 0 bridgehead atoms. The summed E-state index contributed by atoms with van der Waals surface area (Å²) in [6.07, 6.45) is 4.35. The number of rotatable bonds is 7. The summed E-state index contributed by atoms with van der Waals surface area (Å²) in [6, 6.07) is 0. The number of likely N-dealkylation sites (N-methyl/N-ethyl adjacent to an activating group) is 1. The van der Waals surface area contributed by atoms with Gasteiger partial charge in [0, 0.05) is 13.1 Å². The van der Waals surface area contributed by atoms with Crippen LogP contribution in [0.5, 0.6) is 0 Å². The molecule has 0 heterocycles. The quantitative estimate of drug-likeness (QED) is 0.692. The lowest BCUT2D eigenvalue weighted by atomic mass is 10.0. The van der Waals surface area contributed by atoms with Gasteiger partial charge in [-0.25, -0.2) is 0 Å². The van der Waals surface area contributed by atoms with Crippen LogP contribution in [0.15, 0.2) is 0 Å². The van der Waals surface area contributed by atoms with Gasteiger partial charge in [0.05, 0.1) is 5.60 Å². The Bertz CT molecular complexity index is 190. The molecule has 3 heteroatoms. The lowest BCUT2D eigenvalue weighted by molar-refractivity contribution is 0.0135. The maximum absolute atomic E-state index is 10.3. The molecule has 0 aromatic rings. The predicted molar refractivity (Wildman–Crippen MR) is 68.6 cm³/mol. The molecule has 1 fully saturated rings. The van der Waals surface area contributed by atoms with Crippen LogP contribution in [-0.4, -0.2) is 48.8 Å². The molecule has 0 aliphatic heterocycles. The van der Waals surface area contributed by atoms with Crippen molar-refractivity contribution in [2.45, 2.75) is 45.1 Å². The van der Waals surface area contributed by atoms with Crippen molar-refractivity contribution >= 4 is 0 Å². The molecule has 0 amide bonds. The van der Waals surface area contributed by atoms with Gasteiger partial charge in [-0.2, -0.15) is 0 Å². The second-order valence-corrected chi connectivity index (χ2v) is 5.54. The maximum atomic E-state index is 10.3. The van der Waals surface area contributed by atoms with Crippen LogP contribution in [0.3, 0.4) is 0 Å². The number of nitrogens with zero attached hydrogens (tertiary/aromatic N) is 1. The average Bonchev–Trinajstić information content (AvgIpc) is 2.61. The van der Waals surface area contributed by atoms with E-state index in [1.165, 1.54) is 12.8 Å². The van der Waals surface area contributed by atoms with E-state index in [2.05, 4.69) is 31.1 Å². The monoisotopic (exact) mass is 228 g/mol. The Morgan fingerprint density at radius 1 is 1.38 bits per heavy atom. The zero-order chi connectivity index (χ0) is 12.0. The molecular formula is C13H28N2O. The summed E-state index contributed by atoms with van der Waals surface area (Å²) in [6.45, 7) is 8.41. The van der Waals surface area contributed by atoms with E-state index in [-0.39, 0.29) is 0 Å². The largest absolute Gasteiger partial charge is 0.389 e. The van der Waals surface area contributed by atoms with Gasteiger partial charge in [-0.05, 0) is 38.9 Å². The smallest absolute Gasteiger partial charge is 0.0774 e. The van der Waals surface area contributed by atoms with Gasteiger partial charge in [0.1, 0.15) is 0 Å². The Morgan fingerprint density at radius 2 is 2.00 bits per heavy atom. The molecule has 2 N–H and O–H groups in total. The van der Waals surface area contributed by atoms with Crippen molar-refractivity contribution < 1.29 is 5.11 Å². The normalized spacial score (nSPS) is 21.6. The minimum Gasteiger partial charge on any atom is -0.389 e. The molecule has 1 rings (SSSR count). The molecule has 96 valence electrons. The van der Waals surface area contributed by atoms with Gasteiger partial charge in [0.25, 0.3) is 0 Å². The molecule has 1 unspecified atom stereocenters. The molecule has 0 saturated heterocycles. The first-order valence-electron chi connectivity index (χ1n) is 6.67. The summed E-state index contributed by atoms with van der Waals surface area (Å²) < 4.78 is 0. The molecule has 0 radical (unpaired) electrons. The van der Waals surface area contributed by atoms with Gasteiger partial charge < -0.3 is 15.3 Å². The minimum atomic E-state index is -0.396. The molecule has 1 aliphatic rings. The summed E-state index contributed by atoms with van der Waals surface area (Å²) in [5, 5.41) is 13.7. The van der Waals surface area contributed by atoms with Gasteiger partial charge in [-0.15, -0.1) is 0 Å². The van der Waals surface area contributed by atoms with E-state index in [1.54, 1.807) is 0 Å². The van der Waals surface area contributed by atoms with Crippen LogP contribution in [0.4, 0.5) is 0 Å². The fourth-order valence-electron chi connectivity index (χ4n) is 2.75. The van der Waals surface area contributed by atoms with Crippen LogP contribution in [0.2, 0.25) is 0 Å². The van der Waals surface area contributed by atoms with E-state index in [0.717, 1.165) is 39.0 Å². The van der Waals surface area contributed by atoms with E-state index in [4.69, 9.17) is 0 Å². The summed E-state index contributed by atoms with van der Waals surface area (Å²) in [4.78, 5) is 2.29. The standard InChI is InChI=1S/C13H28N2O/c1-4-14-9-12(2)10-15(3)11-13(16)7-5-6-8-13/h12,14,16H,4-11H2,1-3H3. The van der Waals surface area contributed by atoms with Crippen LogP contribution < -0.4 is 5.32 Å². The second-order valence-electron chi connectivity index (χ2n) is 5.54. The number of hydrogen-bond donors (Lipinski definition) is 2. The Labute approximate surface area is 100 Å². The molecule has 1 aliphatic carbocycles. The molecule has 3 nitrogen and oxygen atoms in total. The highest BCUT2D eigenvalue weighted by Crippen LogP contribution is 2.29. The highest BCUT2D eigenvalue weighted by atomic mass is 16.3. The summed E-state index contributed by atoms with van der Waals surface area (Å²) in [5.41, 5.74) is -0.396. The van der Waals surface area contributed by atoms with Gasteiger partial charge in [-0.1, -0.05) is 26.7 Å². The molecule has 0 aromatic heterocycles. The zero-order valence-corrected chi connectivity index (χ0v) is 11.1. The molecule has 1 saturated carbocycles. The van der Waals surface area contributed by atoms with Crippen molar-refractivity contribution in [1.82, 2.24) is 10.2 Å². The number of hydrogen-bond acceptors (Lipinski definition) is 3. The Kier molecular flexibility index (Phi) is 5.73. The topological polar surface area (TPSA) is 35.5 Å². The molecule has 0 spiro atoms. The lowest BCUT2D eigenvalue weighted by Crippen LogP contribution is -2.41. The Balaban J connectivity index is 2.21. The van der Waals surface area contributed by atoms with Gasteiger partial charge in [0.2, 0.25) is 0 Å². The Hall–Kier alpha value is -0.120. The SMILES string of the molecule is CCNCC(C)CN(C)CC1(O)CCCC1. The van der Waals surface area contributed by atoms with E-state index in [9.17, 15) is 5.11 Å². The van der Waals surface area contributed by atoms with Crippen molar-refractivity contribution in [2.24, 2.45) is 5.92 Å². The predicted octanol–water partition coefficient (Wildman–Crippen LogP) is 1.47. The van der Waals surface area contributed by atoms with Gasteiger partial charge >= 0.3 is 0 Å². The zero-order valence-electron chi connectivity index (χ0n) is 11.1. The first-order valence-corrected chi connectivity index (χ1v) is 6.67. The van der Waals surface area contributed by atoms with E-state index < -0.39 is 5.60 Å². The molecular weight excluding hydrogens is 200 g/mol. The van der Waals surface area contributed by atoms with E-state index in [0.29, 0.717) is 5.92 Å². The van der Waals surface area contributed by atoms with Crippen LogP contribution in [-0.2, 0) is 0 Å². The molecule has 1 atom stereocenters. The third-order valence-corrected chi connectivity index (χ3v) is 3.46. The lowest BCUT2D eigenvalue weighted by Gasteiger charge is -2.30. The van der Waals surface area contributed by atoms with Gasteiger partial charge in [-0.3, -0.25) is 0 Å². The summed E-state index contributed by atoms with van der Waals surface area (Å²) in [5.74, 6) is 0.648. The third kappa shape index (κ3) is 4.81. The minimum absolute atomic E-state index is 0.396. The number of nitrogens with one attached hydrogen (secondary N) is 1. The summed E-state index contributed by atoms with van der Waals surface area (Å²) in [7, 11) is 2.12. The average molecular weight is 228 g/mol. The van der Waals surface area contributed by atoms with Crippen molar-refractivity contribution in [3.05, 3.63) is 0 Å². The van der Waals surface area contributed by atoms with Crippen LogP contribution in [0.1, 0.15) is 39.5 Å². The van der Waals surface area contributed by atoms with E-state index in [1.807, 2.05) is 0 Å². The van der Waals surface area contributed by atoms with Crippen LogP contribution in [0.25, 0.3) is 0 Å². The summed E-state index contributed by atoms with van der Waals surface area (Å²) >= 11 is 0. The first-order chi connectivity index (χ1) is 7.56. The van der Waals surface area contributed by atoms with Crippen LogP contribution >= 0.6 is 0 Å². The Morgan fingerprint density at radius 3 is 2.56 bits per heavy atom. The molecule has 0 aromatic carbocycles. The van der Waals surface area contributed by atoms with Gasteiger partial charge in [0.15, 0.2) is 0 Å². The number of aliphatic hydroxyl groups is 1. The van der Waals surface area contributed by atoms with Crippen molar-refractivity contribution in [1.29, 1.82) is 0 Å². The fraction of sp³-hybridized carbons (Fsp3) is 1.00. The first kappa shape index (κ1) is 13.9. The highest BCUT2D eigenvalue weighted by Gasteiger charge is 2.32. The third-order valence-electron chi connectivity index (χ3n) is 3.46. The van der Waals surface area contributed by atoms with Crippen molar-refractivity contribution in [3.8, 4) is 0 Å². The van der Waals surface area contributed by atoms with Crippen molar-refractivity contribution in [3.63, 3.8) is 0 Å². The van der Waals surface area contributed by atoms with E-state index >= 15 is 0 Å². The fourth-order valence-corrected chi connectivity index (χ4v) is 2.75. The molecule has 16 heavy (non-hydrogen) atoms. The maximum Gasteiger partial charge on any atom is 0.0774 e. The van der Waals surface area contributed by atoms with Crippen molar-refractivity contribution in [2.75, 3.05) is 33.2 Å².